The number of amides is 2. The number of hydrogen-bond donors (Lipinski definition) is 2. The van der Waals surface area contributed by atoms with Crippen LogP contribution in [0.5, 0.6) is 0 Å². The number of nitrogens with zero attached hydrogens (tertiary/aromatic N) is 4. The third-order valence-electron chi connectivity index (χ3n) is 6.74. The molecular weight excluding hydrogens is 448 g/mol. The van der Waals surface area contributed by atoms with E-state index in [1.54, 1.807) is 4.90 Å². The number of anilines is 1. The molecule has 2 aromatic rings. The summed E-state index contributed by atoms with van der Waals surface area (Å²) >= 11 is 4.79. The number of nitrogens with one attached hydrogen (secondary N) is 1. The average molecular weight is 474 g/mol. The van der Waals surface area contributed by atoms with Crippen LogP contribution in [-0.2, 0) is 22.7 Å². The van der Waals surface area contributed by atoms with Crippen molar-refractivity contribution >= 4 is 30.3 Å². The molecule has 0 bridgehead atoms. The van der Waals surface area contributed by atoms with E-state index in [0.29, 0.717) is 45.6 Å². The number of hydrogen-bond acceptors (Lipinski definition) is 7. The predicted octanol–water partition coefficient (Wildman–Crippen LogP) is 2.23. The van der Waals surface area contributed by atoms with Gasteiger partial charge in [-0.2, -0.15) is 17.0 Å². The molecule has 3 aliphatic heterocycles. The lowest BCUT2D eigenvalue weighted by atomic mass is 10.0. The number of halogens is 2. The molecule has 10 heteroatoms. The first-order valence-corrected chi connectivity index (χ1v) is 11.6. The summed E-state index contributed by atoms with van der Waals surface area (Å²) in [5.74, 6) is -2.21. The summed E-state index contributed by atoms with van der Waals surface area (Å²) in [6, 6.07) is 6.79. The van der Waals surface area contributed by atoms with E-state index in [2.05, 4.69) is 26.2 Å². The summed E-state index contributed by atoms with van der Waals surface area (Å²) in [7, 11) is 0. The molecule has 4 heterocycles. The number of piperidine rings is 1. The molecule has 2 saturated heterocycles. The number of carbonyl (C=O) groups is 2. The molecule has 1 aromatic heterocycles. The van der Waals surface area contributed by atoms with Crippen molar-refractivity contribution in [3.63, 3.8) is 0 Å². The molecule has 5 rings (SSSR count). The van der Waals surface area contributed by atoms with Gasteiger partial charge < -0.3 is 4.90 Å². The molecule has 0 radical (unpaired) electrons. The Kier molecular flexibility index (Phi) is 6.07. The van der Waals surface area contributed by atoms with Crippen LogP contribution in [0.25, 0.3) is 0 Å². The van der Waals surface area contributed by atoms with E-state index in [-0.39, 0.29) is 29.0 Å². The van der Waals surface area contributed by atoms with Gasteiger partial charge >= 0.3 is 0 Å². The van der Waals surface area contributed by atoms with Gasteiger partial charge in [-0.05, 0) is 29.2 Å². The molecule has 2 amide bonds. The fourth-order valence-corrected chi connectivity index (χ4v) is 5.44. The number of benzene rings is 1. The van der Waals surface area contributed by atoms with Crippen molar-refractivity contribution in [3.05, 3.63) is 58.8 Å². The van der Waals surface area contributed by atoms with Crippen molar-refractivity contribution < 1.29 is 18.4 Å². The molecule has 1 aromatic carbocycles. The number of carbonyl (C=O) groups excluding carboxylic acids is 2. The van der Waals surface area contributed by atoms with Crippen LogP contribution in [0.4, 0.5) is 14.6 Å². The van der Waals surface area contributed by atoms with Gasteiger partial charge in [0.05, 0.1) is 11.4 Å². The van der Waals surface area contributed by atoms with Crippen molar-refractivity contribution in [1.82, 2.24) is 20.1 Å². The van der Waals surface area contributed by atoms with Crippen molar-refractivity contribution in [2.45, 2.75) is 37.3 Å². The Labute approximate surface area is 196 Å². The Morgan fingerprint density at radius 3 is 2.67 bits per heavy atom. The van der Waals surface area contributed by atoms with Crippen LogP contribution in [-0.4, -0.2) is 58.8 Å². The second-order valence-corrected chi connectivity index (χ2v) is 9.18. The molecular formula is C23H25F2N5O2S. The summed E-state index contributed by atoms with van der Waals surface area (Å²) in [4.78, 5) is 34.1. The molecule has 0 saturated carbocycles. The molecule has 2 unspecified atom stereocenters. The number of imide groups is 1. The quantitative estimate of drug-likeness (QED) is 0.525. The zero-order chi connectivity index (χ0) is 23.1. The van der Waals surface area contributed by atoms with Crippen molar-refractivity contribution in [1.29, 1.82) is 0 Å². The number of rotatable bonds is 4. The van der Waals surface area contributed by atoms with E-state index in [9.17, 15) is 18.4 Å². The fourth-order valence-electron chi connectivity index (χ4n) is 4.95. The minimum Gasteiger partial charge on any atom is -0.352 e. The number of aromatic nitrogens is 1. The largest absolute Gasteiger partial charge is 0.352 e. The fraction of sp³-hybridized carbons (Fsp3) is 0.435. The number of fused-ring (bicyclic) bond motifs is 1. The number of thiol groups is 1. The van der Waals surface area contributed by atoms with Crippen molar-refractivity contribution in [2.24, 2.45) is 0 Å². The van der Waals surface area contributed by atoms with E-state index in [4.69, 9.17) is 12.6 Å². The van der Waals surface area contributed by atoms with Crippen LogP contribution >= 0.6 is 12.6 Å². The Bertz CT molecular complexity index is 1090. The molecule has 174 valence electrons. The van der Waals surface area contributed by atoms with Gasteiger partial charge in [0, 0.05) is 51.9 Å². The lowest BCUT2D eigenvalue weighted by Gasteiger charge is -2.35. The molecule has 7 nitrogen and oxygen atoms in total. The standard InChI is InChI=1S/C23H25F2N5O2S/c24-17-6-7-26-21(20(17)25)29-10-8-28(9-11-29)12-14-2-1-3-15-16(14)13-30(23(15)33)18-4-5-19(31)27-22(18)32/h1-3,6-7,18,23,33H,4-5,8-13H2,(H,27,31,32). The molecule has 3 aliphatic rings. The van der Waals surface area contributed by atoms with Crippen LogP contribution in [0.2, 0.25) is 0 Å². The zero-order valence-electron chi connectivity index (χ0n) is 18.0. The highest BCUT2D eigenvalue weighted by molar-refractivity contribution is 7.80. The lowest BCUT2D eigenvalue weighted by molar-refractivity contribution is -0.137. The maximum atomic E-state index is 14.1. The first kappa shape index (κ1) is 22.2. The van der Waals surface area contributed by atoms with Crippen molar-refractivity contribution in [2.75, 3.05) is 31.1 Å². The summed E-state index contributed by atoms with van der Waals surface area (Å²) in [5, 5.41) is 2.23. The SMILES string of the molecule is O=C1CCC(N2Cc3c(CN4CCN(c5nccc(F)c5F)CC4)cccc3C2S)C(=O)N1. The van der Waals surface area contributed by atoms with Crippen LogP contribution < -0.4 is 10.2 Å². The minimum absolute atomic E-state index is 0.0630. The highest BCUT2D eigenvalue weighted by atomic mass is 32.1. The molecule has 2 atom stereocenters. The van der Waals surface area contributed by atoms with E-state index in [1.807, 2.05) is 12.1 Å². The second-order valence-electron chi connectivity index (χ2n) is 8.69. The molecule has 1 N–H and O–H groups in total. The summed E-state index contributed by atoms with van der Waals surface area (Å²) < 4.78 is 27.7. The topological polar surface area (TPSA) is 68.8 Å². The summed E-state index contributed by atoms with van der Waals surface area (Å²) in [6.07, 6.45) is 2.12. The van der Waals surface area contributed by atoms with Gasteiger partial charge in [0.1, 0.15) is 0 Å². The van der Waals surface area contributed by atoms with E-state index in [0.717, 1.165) is 18.2 Å². The Morgan fingerprint density at radius 1 is 1.12 bits per heavy atom. The number of piperazine rings is 1. The molecule has 2 fully saturated rings. The lowest BCUT2D eigenvalue weighted by Crippen LogP contribution is -2.51. The minimum atomic E-state index is -0.903. The highest BCUT2D eigenvalue weighted by Crippen LogP contribution is 2.40. The van der Waals surface area contributed by atoms with Crippen LogP contribution in [0, 0.1) is 11.6 Å². The van der Waals surface area contributed by atoms with Gasteiger partial charge in [-0.3, -0.25) is 24.7 Å². The van der Waals surface area contributed by atoms with E-state index >= 15 is 0 Å². The van der Waals surface area contributed by atoms with Gasteiger partial charge in [0.25, 0.3) is 0 Å². The van der Waals surface area contributed by atoms with Crippen molar-refractivity contribution in [3.8, 4) is 0 Å². The molecule has 0 spiro atoms. The van der Waals surface area contributed by atoms with Crippen LogP contribution in [0.1, 0.15) is 34.9 Å². The smallest absolute Gasteiger partial charge is 0.243 e. The third kappa shape index (κ3) is 4.22. The Balaban J connectivity index is 1.26. The highest BCUT2D eigenvalue weighted by Gasteiger charge is 2.39. The van der Waals surface area contributed by atoms with Gasteiger partial charge in [-0.25, -0.2) is 9.37 Å². The van der Waals surface area contributed by atoms with Gasteiger partial charge in [-0.15, -0.1) is 0 Å². The first-order valence-electron chi connectivity index (χ1n) is 11.1. The predicted molar refractivity (Wildman–Crippen MR) is 122 cm³/mol. The zero-order valence-corrected chi connectivity index (χ0v) is 18.9. The number of pyridine rings is 1. The summed E-state index contributed by atoms with van der Waals surface area (Å²) in [6.45, 7) is 3.83. The molecule has 33 heavy (non-hydrogen) atoms. The maximum absolute atomic E-state index is 14.1. The first-order chi connectivity index (χ1) is 15.9. The third-order valence-corrected chi connectivity index (χ3v) is 7.32. The summed E-state index contributed by atoms with van der Waals surface area (Å²) in [5.41, 5.74) is 3.43. The molecule has 0 aliphatic carbocycles. The monoisotopic (exact) mass is 473 g/mol. The van der Waals surface area contributed by atoms with Gasteiger partial charge in [-0.1, -0.05) is 18.2 Å². The van der Waals surface area contributed by atoms with Crippen LogP contribution in [0.3, 0.4) is 0 Å². The Hall–Kier alpha value is -2.56. The van der Waals surface area contributed by atoms with Gasteiger partial charge in [0.2, 0.25) is 17.6 Å². The average Bonchev–Trinajstić information content (AvgIpc) is 3.14. The Morgan fingerprint density at radius 2 is 1.91 bits per heavy atom. The normalized spacial score (nSPS) is 24.2. The van der Waals surface area contributed by atoms with E-state index in [1.165, 1.54) is 17.3 Å². The maximum Gasteiger partial charge on any atom is 0.243 e. The van der Waals surface area contributed by atoms with Gasteiger partial charge in [0.15, 0.2) is 11.6 Å². The van der Waals surface area contributed by atoms with Crippen LogP contribution in [0.15, 0.2) is 30.5 Å². The van der Waals surface area contributed by atoms with E-state index < -0.39 is 11.6 Å². The second kappa shape index (κ2) is 9.00.